The summed E-state index contributed by atoms with van der Waals surface area (Å²) in [5.74, 6) is -1.58. The van der Waals surface area contributed by atoms with Crippen molar-refractivity contribution in [1.82, 2.24) is 15.0 Å². The summed E-state index contributed by atoms with van der Waals surface area (Å²) in [5, 5.41) is 16.7. The molecule has 0 aliphatic rings. The molecule has 1 heterocycles. The van der Waals surface area contributed by atoms with Crippen LogP contribution in [0.2, 0.25) is 0 Å². The largest absolute Gasteiger partial charge is 0.478 e. The number of benzene rings is 3. The van der Waals surface area contributed by atoms with Gasteiger partial charge in [-0.15, -0.1) is 5.10 Å². The third kappa shape index (κ3) is 3.99. The number of halogens is 2. The first-order valence-corrected chi connectivity index (χ1v) is 11.1. The van der Waals surface area contributed by atoms with Crippen molar-refractivity contribution < 1.29 is 22.7 Å². The molecule has 0 amide bonds. The molecule has 0 saturated heterocycles. The summed E-state index contributed by atoms with van der Waals surface area (Å²) in [6, 6.07) is 17.1. The lowest BCUT2D eigenvalue weighted by atomic mass is 10.1. The van der Waals surface area contributed by atoms with Crippen LogP contribution in [-0.2, 0) is 9.84 Å². The van der Waals surface area contributed by atoms with E-state index in [2.05, 4.69) is 26.2 Å². The molecule has 0 spiro atoms. The van der Waals surface area contributed by atoms with Gasteiger partial charge in [0.05, 0.1) is 16.1 Å². The van der Waals surface area contributed by atoms with E-state index < -0.39 is 21.6 Å². The summed E-state index contributed by atoms with van der Waals surface area (Å²) in [7, 11) is -4.06. The molecule has 0 fully saturated rings. The van der Waals surface area contributed by atoms with Gasteiger partial charge in [-0.2, -0.15) is 0 Å². The average Bonchev–Trinajstić information content (AvgIpc) is 3.21. The fourth-order valence-corrected chi connectivity index (χ4v) is 4.54. The van der Waals surface area contributed by atoms with E-state index in [-0.39, 0.29) is 21.2 Å². The molecule has 0 atom stereocenters. The van der Waals surface area contributed by atoms with Crippen molar-refractivity contribution in [3.8, 4) is 16.9 Å². The van der Waals surface area contributed by atoms with Gasteiger partial charge in [-0.1, -0.05) is 21.1 Å². The molecule has 0 saturated carbocycles. The van der Waals surface area contributed by atoms with Crippen LogP contribution in [0.25, 0.3) is 16.9 Å². The van der Waals surface area contributed by atoms with Crippen LogP contribution in [0.5, 0.6) is 0 Å². The number of hydrogen-bond acceptors (Lipinski definition) is 5. The van der Waals surface area contributed by atoms with E-state index in [1.165, 1.54) is 65.3 Å². The van der Waals surface area contributed by atoms with Crippen LogP contribution >= 0.6 is 15.9 Å². The Morgan fingerprint density at radius 1 is 0.935 bits per heavy atom. The van der Waals surface area contributed by atoms with Crippen molar-refractivity contribution in [1.29, 1.82) is 0 Å². The van der Waals surface area contributed by atoms with Crippen LogP contribution in [0.15, 0.2) is 87.2 Å². The summed E-state index contributed by atoms with van der Waals surface area (Å²) in [6.45, 7) is 0. The maximum absolute atomic E-state index is 13.5. The Hall–Kier alpha value is -3.37. The number of nitrogens with zero attached hydrogens (tertiary/aromatic N) is 3. The van der Waals surface area contributed by atoms with Crippen molar-refractivity contribution in [3.05, 3.63) is 88.6 Å². The monoisotopic (exact) mass is 501 g/mol. The van der Waals surface area contributed by atoms with Gasteiger partial charge in [0.15, 0.2) is 0 Å². The van der Waals surface area contributed by atoms with Gasteiger partial charge in [0.25, 0.3) is 0 Å². The minimum atomic E-state index is -4.06. The van der Waals surface area contributed by atoms with Crippen LogP contribution in [-0.4, -0.2) is 34.5 Å². The van der Waals surface area contributed by atoms with Gasteiger partial charge in [0, 0.05) is 10.0 Å². The van der Waals surface area contributed by atoms with Gasteiger partial charge < -0.3 is 5.11 Å². The number of carboxylic acids is 1. The summed E-state index contributed by atoms with van der Waals surface area (Å²) in [5.41, 5.74) is 0.972. The van der Waals surface area contributed by atoms with Gasteiger partial charge in [-0.05, 0) is 72.8 Å². The molecule has 4 aromatic rings. The Bertz CT molecular complexity index is 1370. The molecule has 1 aromatic heterocycles. The Labute approximate surface area is 184 Å². The lowest BCUT2D eigenvalue weighted by molar-refractivity contribution is 0.0697. The van der Waals surface area contributed by atoms with Gasteiger partial charge in [-0.25, -0.2) is 22.3 Å². The third-order valence-corrected chi connectivity index (χ3v) is 6.70. The highest BCUT2D eigenvalue weighted by molar-refractivity contribution is 9.10. The van der Waals surface area contributed by atoms with E-state index in [1.807, 2.05) is 0 Å². The molecule has 0 radical (unpaired) electrons. The van der Waals surface area contributed by atoms with E-state index in [4.69, 9.17) is 5.11 Å². The molecular formula is C21H13BrFN3O4S. The molecule has 10 heteroatoms. The molecule has 3 aromatic carbocycles. The van der Waals surface area contributed by atoms with Gasteiger partial charge in [-0.3, -0.25) is 0 Å². The van der Waals surface area contributed by atoms with E-state index in [9.17, 15) is 17.6 Å². The third-order valence-electron chi connectivity index (χ3n) is 4.49. The maximum Gasteiger partial charge on any atom is 0.335 e. The number of aromatic carboxylic acids is 1. The smallest absolute Gasteiger partial charge is 0.335 e. The Morgan fingerprint density at radius 2 is 1.55 bits per heavy atom. The molecule has 0 unspecified atom stereocenters. The van der Waals surface area contributed by atoms with E-state index in [1.54, 1.807) is 12.1 Å². The molecular weight excluding hydrogens is 489 g/mol. The topological polar surface area (TPSA) is 102 Å². The fourth-order valence-electron chi connectivity index (χ4n) is 2.95. The lowest BCUT2D eigenvalue weighted by Gasteiger charge is -2.10. The quantitative estimate of drug-likeness (QED) is 0.435. The number of hydrogen-bond donors (Lipinski definition) is 1. The standard InChI is InChI=1S/C21H13BrFN3O4S/c22-15-5-11-18(12-6-15)31(29,30)20-19(13-1-7-16(23)8-2-13)26(25-24-20)17-9-3-14(4-10-17)21(27)28/h1-12H,(H,27,28). The molecule has 7 nitrogen and oxygen atoms in total. The molecule has 1 N–H and O–H groups in total. The highest BCUT2D eigenvalue weighted by Crippen LogP contribution is 2.32. The number of rotatable bonds is 5. The molecule has 0 aliphatic heterocycles. The molecule has 0 aliphatic carbocycles. The molecule has 156 valence electrons. The predicted molar refractivity (Wildman–Crippen MR) is 113 cm³/mol. The normalized spacial score (nSPS) is 11.4. The zero-order chi connectivity index (χ0) is 22.2. The first-order valence-electron chi connectivity index (χ1n) is 8.83. The van der Waals surface area contributed by atoms with E-state index in [0.717, 1.165) is 0 Å². The summed E-state index contributed by atoms with van der Waals surface area (Å²) in [6.07, 6.45) is 0. The van der Waals surface area contributed by atoms with Gasteiger partial charge >= 0.3 is 5.97 Å². The number of sulfone groups is 1. The Kier molecular flexibility index (Phi) is 5.42. The van der Waals surface area contributed by atoms with Crippen LogP contribution < -0.4 is 0 Å². The van der Waals surface area contributed by atoms with Crippen molar-refractivity contribution >= 4 is 31.7 Å². The Balaban J connectivity index is 1.93. The predicted octanol–water partition coefficient (Wildman–Crippen LogP) is 4.37. The summed E-state index contributed by atoms with van der Waals surface area (Å²) >= 11 is 3.27. The minimum Gasteiger partial charge on any atom is -0.478 e. The first kappa shape index (κ1) is 20.9. The summed E-state index contributed by atoms with van der Waals surface area (Å²) in [4.78, 5) is 11.2. The number of aromatic nitrogens is 3. The maximum atomic E-state index is 13.5. The highest BCUT2D eigenvalue weighted by atomic mass is 79.9. The number of carbonyl (C=O) groups is 1. The highest BCUT2D eigenvalue weighted by Gasteiger charge is 2.29. The van der Waals surface area contributed by atoms with Crippen LogP contribution in [0.4, 0.5) is 4.39 Å². The van der Waals surface area contributed by atoms with Gasteiger partial charge in [0.2, 0.25) is 14.9 Å². The molecule has 31 heavy (non-hydrogen) atoms. The van der Waals surface area contributed by atoms with Crippen molar-refractivity contribution in [2.45, 2.75) is 9.92 Å². The van der Waals surface area contributed by atoms with E-state index >= 15 is 0 Å². The fraction of sp³-hybridized carbons (Fsp3) is 0. The van der Waals surface area contributed by atoms with Crippen molar-refractivity contribution in [3.63, 3.8) is 0 Å². The van der Waals surface area contributed by atoms with Gasteiger partial charge in [0.1, 0.15) is 11.5 Å². The van der Waals surface area contributed by atoms with Crippen LogP contribution in [0, 0.1) is 5.82 Å². The van der Waals surface area contributed by atoms with Crippen molar-refractivity contribution in [2.24, 2.45) is 0 Å². The zero-order valence-electron chi connectivity index (χ0n) is 15.6. The number of carboxylic acid groups (broad SMARTS) is 1. The summed E-state index contributed by atoms with van der Waals surface area (Å²) < 4.78 is 42.1. The second kappa shape index (κ2) is 8.05. The lowest BCUT2D eigenvalue weighted by Crippen LogP contribution is -2.06. The second-order valence-corrected chi connectivity index (χ2v) is 9.25. The SMILES string of the molecule is O=C(O)c1ccc(-n2nnc(S(=O)(=O)c3ccc(Br)cc3)c2-c2ccc(F)cc2)cc1. The van der Waals surface area contributed by atoms with Crippen LogP contribution in [0.3, 0.4) is 0 Å². The van der Waals surface area contributed by atoms with E-state index in [0.29, 0.717) is 15.7 Å². The Morgan fingerprint density at radius 3 is 2.13 bits per heavy atom. The molecule has 4 rings (SSSR count). The van der Waals surface area contributed by atoms with Crippen molar-refractivity contribution in [2.75, 3.05) is 0 Å². The molecule has 0 bridgehead atoms. The minimum absolute atomic E-state index is 0.0207. The first-order chi connectivity index (χ1) is 14.8. The zero-order valence-corrected chi connectivity index (χ0v) is 18.0. The second-order valence-electron chi connectivity index (χ2n) is 6.47. The average molecular weight is 502 g/mol. The van der Waals surface area contributed by atoms with Crippen LogP contribution in [0.1, 0.15) is 10.4 Å².